The SMILES string of the molecule is CCC(=C(/C#N)c1ccccc1C)/C(=C(\CC)c1ccc(OC)cc1Cl)c1ccc(/C=C/C(=O)O)cc1. The van der Waals surface area contributed by atoms with E-state index in [2.05, 4.69) is 19.9 Å². The molecule has 0 aromatic heterocycles. The van der Waals surface area contributed by atoms with Crippen molar-refractivity contribution in [3.63, 3.8) is 0 Å². The highest BCUT2D eigenvalue weighted by Gasteiger charge is 2.21. The number of hydrogen-bond acceptors (Lipinski definition) is 3. The van der Waals surface area contributed by atoms with Gasteiger partial charge in [-0.05, 0) is 88.6 Å². The van der Waals surface area contributed by atoms with Crippen molar-refractivity contribution in [3.8, 4) is 11.8 Å². The number of nitriles is 1. The Hall–Kier alpha value is -4.07. The molecule has 188 valence electrons. The van der Waals surface area contributed by atoms with Gasteiger partial charge in [0.25, 0.3) is 0 Å². The van der Waals surface area contributed by atoms with E-state index in [0.717, 1.165) is 50.6 Å². The van der Waals surface area contributed by atoms with E-state index in [4.69, 9.17) is 21.4 Å². The van der Waals surface area contributed by atoms with E-state index >= 15 is 0 Å². The van der Waals surface area contributed by atoms with Gasteiger partial charge in [0.15, 0.2) is 0 Å². The van der Waals surface area contributed by atoms with E-state index in [1.54, 1.807) is 19.3 Å². The number of halogens is 1. The van der Waals surface area contributed by atoms with E-state index in [0.29, 0.717) is 29.2 Å². The summed E-state index contributed by atoms with van der Waals surface area (Å²) in [4.78, 5) is 11.0. The smallest absolute Gasteiger partial charge is 0.328 e. The summed E-state index contributed by atoms with van der Waals surface area (Å²) in [7, 11) is 1.60. The summed E-state index contributed by atoms with van der Waals surface area (Å²) in [6, 6.07) is 23.7. The molecule has 0 fully saturated rings. The van der Waals surface area contributed by atoms with Gasteiger partial charge in [-0.1, -0.05) is 74.0 Å². The summed E-state index contributed by atoms with van der Waals surface area (Å²) in [5.74, 6) is -0.329. The Labute approximate surface area is 223 Å². The monoisotopic (exact) mass is 511 g/mol. The van der Waals surface area contributed by atoms with Crippen LogP contribution in [0.4, 0.5) is 0 Å². The maximum atomic E-state index is 11.0. The molecule has 0 heterocycles. The fourth-order valence-corrected chi connectivity index (χ4v) is 4.74. The van der Waals surface area contributed by atoms with Crippen molar-refractivity contribution >= 4 is 40.4 Å². The Morgan fingerprint density at radius 2 is 1.73 bits per heavy atom. The second kappa shape index (κ2) is 12.8. The first-order valence-electron chi connectivity index (χ1n) is 12.1. The predicted octanol–water partition coefficient (Wildman–Crippen LogP) is 8.46. The summed E-state index contributed by atoms with van der Waals surface area (Å²) >= 11 is 6.75. The molecular weight excluding hydrogens is 482 g/mol. The van der Waals surface area contributed by atoms with Crippen molar-refractivity contribution in [1.29, 1.82) is 5.26 Å². The summed E-state index contributed by atoms with van der Waals surface area (Å²) in [6.45, 7) is 6.14. The summed E-state index contributed by atoms with van der Waals surface area (Å²) in [6.07, 6.45) is 3.98. The molecule has 5 heteroatoms. The molecule has 0 saturated carbocycles. The Morgan fingerprint density at radius 1 is 1.03 bits per heavy atom. The molecule has 0 radical (unpaired) electrons. The van der Waals surface area contributed by atoms with Crippen LogP contribution in [0.1, 0.15) is 54.5 Å². The van der Waals surface area contributed by atoms with E-state index < -0.39 is 5.97 Å². The van der Waals surface area contributed by atoms with Crippen LogP contribution >= 0.6 is 11.6 Å². The normalized spacial score (nSPS) is 12.5. The standard InChI is InChI=1S/C32H30ClNO3/c1-5-25(28-17-16-24(37-4)19-30(28)33)32(23-14-11-22(12-15-23)13-18-31(35)36)26(6-2)29(20-34)27-10-8-7-9-21(27)3/h7-19H,5-6H2,1-4H3,(H,35,36)/b18-13+,29-26+,32-25+. The molecule has 1 N–H and O–H groups in total. The molecule has 0 spiro atoms. The third kappa shape index (κ3) is 6.39. The van der Waals surface area contributed by atoms with Crippen molar-refractivity contribution in [2.75, 3.05) is 7.11 Å². The zero-order valence-electron chi connectivity index (χ0n) is 21.5. The zero-order chi connectivity index (χ0) is 26.9. The van der Waals surface area contributed by atoms with Gasteiger partial charge in [0.1, 0.15) is 11.8 Å². The van der Waals surface area contributed by atoms with Crippen LogP contribution in [0.3, 0.4) is 0 Å². The maximum absolute atomic E-state index is 11.0. The second-order valence-corrected chi connectivity index (χ2v) is 8.89. The largest absolute Gasteiger partial charge is 0.497 e. The fourth-order valence-electron chi connectivity index (χ4n) is 4.45. The number of carboxylic acid groups (broad SMARTS) is 1. The third-order valence-electron chi connectivity index (χ3n) is 6.26. The van der Waals surface area contributed by atoms with Crippen molar-refractivity contribution in [3.05, 3.63) is 111 Å². The molecule has 4 nitrogen and oxygen atoms in total. The molecule has 3 aromatic carbocycles. The van der Waals surface area contributed by atoms with Crippen LogP contribution in [0.25, 0.3) is 22.8 Å². The van der Waals surface area contributed by atoms with Crippen LogP contribution in [0.5, 0.6) is 5.75 Å². The van der Waals surface area contributed by atoms with Crippen LogP contribution in [-0.4, -0.2) is 18.2 Å². The van der Waals surface area contributed by atoms with Crippen molar-refractivity contribution in [2.24, 2.45) is 0 Å². The van der Waals surface area contributed by atoms with E-state index in [1.807, 2.05) is 67.6 Å². The Morgan fingerprint density at radius 3 is 2.27 bits per heavy atom. The molecule has 0 aliphatic rings. The minimum absolute atomic E-state index is 0.569. The number of aryl methyl sites for hydroxylation is 1. The average molecular weight is 512 g/mol. The van der Waals surface area contributed by atoms with Crippen LogP contribution in [0, 0.1) is 18.3 Å². The van der Waals surface area contributed by atoms with Crippen LogP contribution in [-0.2, 0) is 4.79 Å². The Kier molecular flexibility index (Phi) is 9.49. The molecule has 3 aromatic rings. The molecule has 0 saturated heterocycles. The first-order valence-corrected chi connectivity index (χ1v) is 12.5. The van der Waals surface area contributed by atoms with Crippen LogP contribution < -0.4 is 4.74 Å². The lowest BCUT2D eigenvalue weighted by Crippen LogP contribution is -2.01. The highest BCUT2D eigenvalue weighted by Crippen LogP contribution is 2.42. The van der Waals surface area contributed by atoms with Gasteiger partial charge in [0.05, 0.1) is 17.7 Å². The van der Waals surface area contributed by atoms with Crippen LogP contribution in [0.15, 0.2) is 78.4 Å². The van der Waals surface area contributed by atoms with E-state index in [9.17, 15) is 10.1 Å². The fraction of sp³-hybridized carbons (Fsp3) is 0.188. The highest BCUT2D eigenvalue weighted by atomic mass is 35.5. The number of allylic oxidation sites excluding steroid dienone is 4. The minimum Gasteiger partial charge on any atom is -0.497 e. The number of aliphatic carboxylic acids is 1. The molecule has 0 aliphatic heterocycles. The van der Waals surface area contributed by atoms with Gasteiger partial charge < -0.3 is 9.84 Å². The molecule has 0 aliphatic carbocycles. The molecule has 37 heavy (non-hydrogen) atoms. The van der Waals surface area contributed by atoms with Gasteiger partial charge in [-0.25, -0.2) is 4.79 Å². The lowest BCUT2D eigenvalue weighted by molar-refractivity contribution is -0.131. The lowest BCUT2D eigenvalue weighted by Gasteiger charge is -2.21. The number of rotatable bonds is 9. The van der Waals surface area contributed by atoms with Crippen molar-refractivity contribution < 1.29 is 14.6 Å². The molecular formula is C32H30ClNO3. The number of benzene rings is 3. The quantitative estimate of drug-likeness (QED) is 0.135. The first kappa shape index (κ1) is 27.5. The van der Waals surface area contributed by atoms with Crippen molar-refractivity contribution in [1.82, 2.24) is 0 Å². The third-order valence-corrected chi connectivity index (χ3v) is 6.57. The van der Waals surface area contributed by atoms with Gasteiger partial charge in [-0.2, -0.15) is 5.26 Å². The van der Waals surface area contributed by atoms with Gasteiger partial charge in [0, 0.05) is 6.08 Å². The summed E-state index contributed by atoms with van der Waals surface area (Å²) in [5.41, 5.74) is 8.01. The molecule has 3 rings (SSSR count). The lowest BCUT2D eigenvalue weighted by atomic mass is 9.82. The predicted molar refractivity (Wildman–Crippen MR) is 152 cm³/mol. The topological polar surface area (TPSA) is 70.3 Å². The first-order chi connectivity index (χ1) is 17.8. The van der Waals surface area contributed by atoms with E-state index in [1.165, 1.54) is 0 Å². The Bertz CT molecular complexity index is 1420. The number of carbonyl (C=O) groups is 1. The number of carboxylic acids is 1. The van der Waals surface area contributed by atoms with Crippen molar-refractivity contribution in [2.45, 2.75) is 33.6 Å². The summed E-state index contributed by atoms with van der Waals surface area (Å²) in [5, 5.41) is 19.9. The van der Waals surface area contributed by atoms with Gasteiger partial charge in [0.2, 0.25) is 0 Å². The minimum atomic E-state index is -1.000. The van der Waals surface area contributed by atoms with Crippen LogP contribution in [0.2, 0.25) is 5.02 Å². The van der Waals surface area contributed by atoms with Gasteiger partial charge in [-0.3, -0.25) is 0 Å². The average Bonchev–Trinajstić information content (AvgIpc) is 2.91. The summed E-state index contributed by atoms with van der Waals surface area (Å²) < 4.78 is 5.36. The maximum Gasteiger partial charge on any atom is 0.328 e. The van der Waals surface area contributed by atoms with E-state index in [-0.39, 0.29) is 0 Å². The number of ether oxygens (including phenoxy) is 1. The second-order valence-electron chi connectivity index (χ2n) is 8.48. The van der Waals surface area contributed by atoms with Gasteiger partial charge >= 0.3 is 5.97 Å². The molecule has 0 unspecified atom stereocenters. The zero-order valence-corrected chi connectivity index (χ0v) is 22.3. The molecule has 0 amide bonds. The Balaban J connectivity index is 2.39. The highest BCUT2D eigenvalue weighted by molar-refractivity contribution is 6.33. The number of methoxy groups -OCH3 is 1. The van der Waals surface area contributed by atoms with Gasteiger partial charge in [-0.15, -0.1) is 0 Å². The molecule has 0 bridgehead atoms. The number of nitrogens with zero attached hydrogens (tertiary/aromatic N) is 1. The number of hydrogen-bond donors (Lipinski definition) is 1. The molecule has 0 atom stereocenters.